The van der Waals surface area contributed by atoms with Gasteiger partial charge in [0.2, 0.25) is 0 Å². The molecule has 130 valence electrons. The number of thioether (sulfide) groups is 1. The lowest BCUT2D eigenvalue weighted by Gasteiger charge is -2.19. The molecule has 2 rings (SSSR count). The highest BCUT2D eigenvalue weighted by Crippen LogP contribution is 2.23. The minimum atomic E-state index is 0.988. The van der Waals surface area contributed by atoms with Crippen LogP contribution >= 0.6 is 11.8 Å². The van der Waals surface area contributed by atoms with E-state index in [-0.39, 0.29) is 0 Å². The van der Waals surface area contributed by atoms with E-state index < -0.39 is 0 Å². The first-order chi connectivity index (χ1) is 11.4. The fraction of sp³-hybridized carbons (Fsp3) is 0.429. The second-order valence-corrected chi connectivity index (χ2v) is 7.74. The molecule has 2 nitrogen and oxygen atoms in total. The molecular formula is C21H30N2S. The molecule has 0 aliphatic heterocycles. The van der Waals surface area contributed by atoms with E-state index in [4.69, 9.17) is 0 Å². The molecule has 0 saturated heterocycles. The van der Waals surface area contributed by atoms with Crippen LogP contribution < -0.4 is 4.90 Å². The van der Waals surface area contributed by atoms with Gasteiger partial charge in [0.05, 0.1) is 0 Å². The first-order valence-corrected chi connectivity index (χ1v) is 9.70. The summed E-state index contributed by atoms with van der Waals surface area (Å²) in [7, 11) is 8.47. The van der Waals surface area contributed by atoms with Crippen LogP contribution in [0, 0.1) is 6.92 Å². The summed E-state index contributed by atoms with van der Waals surface area (Å²) in [5.74, 6) is 0. The summed E-state index contributed by atoms with van der Waals surface area (Å²) in [6.07, 6.45) is 4.33. The van der Waals surface area contributed by atoms with Crippen molar-refractivity contribution in [2.45, 2.75) is 31.2 Å². The van der Waals surface area contributed by atoms with Gasteiger partial charge in [-0.2, -0.15) is 0 Å². The minimum absolute atomic E-state index is 0.988. The summed E-state index contributed by atoms with van der Waals surface area (Å²) in [5, 5.41) is 0. The van der Waals surface area contributed by atoms with Crippen molar-refractivity contribution in [3.8, 4) is 0 Å². The number of benzene rings is 2. The number of hydrogen-bond donors (Lipinski definition) is 0. The van der Waals surface area contributed by atoms with Gasteiger partial charge >= 0.3 is 0 Å². The molecule has 2 aromatic carbocycles. The number of anilines is 1. The van der Waals surface area contributed by atoms with Crippen LogP contribution in [0.15, 0.2) is 41.3 Å². The van der Waals surface area contributed by atoms with Gasteiger partial charge in [-0.1, -0.05) is 18.2 Å². The topological polar surface area (TPSA) is 6.48 Å². The van der Waals surface area contributed by atoms with Crippen LogP contribution in [0.5, 0.6) is 0 Å². The molecule has 0 amide bonds. The zero-order valence-corrected chi connectivity index (χ0v) is 16.7. The van der Waals surface area contributed by atoms with Gasteiger partial charge in [-0.3, -0.25) is 0 Å². The van der Waals surface area contributed by atoms with Gasteiger partial charge < -0.3 is 9.80 Å². The van der Waals surface area contributed by atoms with Crippen molar-refractivity contribution in [3.63, 3.8) is 0 Å². The van der Waals surface area contributed by atoms with E-state index in [1.165, 1.54) is 32.8 Å². The molecule has 0 heterocycles. The molecule has 0 aliphatic rings. The van der Waals surface area contributed by atoms with Crippen LogP contribution in [-0.2, 0) is 19.4 Å². The average Bonchev–Trinajstić information content (AvgIpc) is 2.53. The lowest BCUT2D eigenvalue weighted by atomic mass is 9.98. The molecule has 0 aromatic heterocycles. The maximum atomic E-state index is 2.34. The number of hydrogen-bond acceptors (Lipinski definition) is 3. The van der Waals surface area contributed by atoms with E-state index in [0.29, 0.717) is 0 Å². The monoisotopic (exact) mass is 342 g/mol. The van der Waals surface area contributed by atoms with Crippen LogP contribution in [0.1, 0.15) is 22.3 Å². The van der Waals surface area contributed by atoms with Gasteiger partial charge in [-0.05, 0) is 80.6 Å². The Bertz CT molecular complexity index is 678. The summed E-state index contributed by atoms with van der Waals surface area (Å²) < 4.78 is 0. The Labute approximate surface area is 151 Å². The standard InChI is InChI=1S/C21H30N2S/c1-16-13-17(8-12-21(16)24-6)7-9-18-10-11-20(23(4)5)14-19(18)15-22(2)3/h8,10-14H,7,9,15H2,1-6H3. The SMILES string of the molecule is CSc1ccc(CCc2ccc(N(C)C)cc2CN(C)C)cc1C. The highest BCUT2D eigenvalue weighted by atomic mass is 32.2. The fourth-order valence-corrected chi connectivity index (χ4v) is 3.58. The van der Waals surface area contributed by atoms with Crippen molar-refractivity contribution in [2.24, 2.45) is 0 Å². The molecule has 0 bridgehead atoms. The normalized spacial score (nSPS) is 11.1. The summed E-state index contributed by atoms with van der Waals surface area (Å²) in [4.78, 5) is 5.80. The maximum Gasteiger partial charge on any atom is 0.0364 e. The Morgan fingerprint density at radius 1 is 0.875 bits per heavy atom. The molecule has 2 aromatic rings. The van der Waals surface area contributed by atoms with Crippen molar-refractivity contribution in [1.82, 2.24) is 4.90 Å². The van der Waals surface area contributed by atoms with Crippen molar-refractivity contribution in [2.75, 3.05) is 39.3 Å². The van der Waals surface area contributed by atoms with E-state index in [0.717, 1.165) is 19.4 Å². The van der Waals surface area contributed by atoms with Crippen molar-refractivity contribution >= 4 is 17.4 Å². The van der Waals surface area contributed by atoms with Crippen LogP contribution in [0.2, 0.25) is 0 Å². The van der Waals surface area contributed by atoms with Gasteiger partial charge in [0, 0.05) is 31.2 Å². The summed E-state index contributed by atoms with van der Waals surface area (Å²) >= 11 is 1.82. The predicted molar refractivity (Wildman–Crippen MR) is 109 cm³/mol. The first-order valence-electron chi connectivity index (χ1n) is 8.48. The summed E-state index contributed by atoms with van der Waals surface area (Å²) in [5.41, 5.74) is 6.98. The largest absolute Gasteiger partial charge is 0.378 e. The quantitative estimate of drug-likeness (QED) is 0.677. The lowest BCUT2D eigenvalue weighted by molar-refractivity contribution is 0.401. The van der Waals surface area contributed by atoms with Crippen LogP contribution in [0.3, 0.4) is 0 Å². The van der Waals surface area contributed by atoms with Gasteiger partial charge in [-0.25, -0.2) is 0 Å². The molecule has 0 N–H and O–H groups in total. The Morgan fingerprint density at radius 2 is 1.62 bits per heavy atom. The Morgan fingerprint density at radius 3 is 2.21 bits per heavy atom. The van der Waals surface area contributed by atoms with E-state index in [9.17, 15) is 0 Å². The Balaban J connectivity index is 2.17. The van der Waals surface area contributed by atoms with Crippen LogP contribution in [0.4, 0.5) is 5.69 Å². The van der Waals surface area contributed by atoms with E-state index >= 15 is 0 Å². The molecule has 3 heteroatoms. The zero-order chi connectivity index (χ0) is 17.7. The summed E-state index contributed by atoms with van der Waals surface area (Å²) in [6.45, 7) is 3.19. The molecule has 0 radical (unpaired) electrons. The van der Waals surface area contributed by atoms with Crippen molar-refractivity contribution < 1.29 is 0 Å². The van der Waals surface area contributed by atoms with Crippen molar-refractivity contribution in [3.05, 3.63) is 58.7 Å². The molecule has 24 heavy (non-hydrogen) atoms. The average molecular weight is 343 g/mol. The first kappa shape index (κ1) is 18.9. The minimum Gasteiger partial charge on any atom is -0.378 e. The smallest absolute Gasteiger partial charge is 0.0364 e. The predicted octanol–water partition coefficient (Wildman–Crippen LogP) is 4.63. The van der Waals surface area contributed by atoms with Gasteiger partial charge in [0.15, 0.2) is 0 Å². The van der Waals surface area contributed by atoms with Crippen LogP contribution in [-0.4, -0.2) is 39.3 Å². The Kier molecular flexibility index (Phi) is 6.76. The van der Waals surface area contributed by atoms with Crippen molar-refractivity contribution in [1.29, 1.82) is 0 Å². The van der Waals surface area contributed by atoms with Gasteiger partial charge in [0.25, 0.3) is 0 Å². The molecule has 0 unspecified atom stereocenters. The highest BCUT2D eigenvalue weighted by molar-refractivity contribution is 7.98. The molecule has 0 fully saturated rings. The van der Waals surface area contributed by atoms with E-state index in [1.807, 2.05) is 11.8 Å². The number of aryl methyl sites for hydroxylation is 3. The molecule has 0 atom stereocenters. The highest BCUT2D eigenvalue weighted by Gasteiger charge is 2.08. The maximum absolute atomic E-state index is 2.34. The third-order valence-corrected chi connectivity index (χ3v) is 5.23. The molecular weight excluding hydrogens is 312 g/mol. The lowest BCUT2D eigenvalue weighted by Crippen LogP contribution is -2.15. The second-order valence-electron chi connectivity index (χ2n) is 6.89. The van der Waals surface area contributed by atoms with Gasteiger partial charge in [-0.15, -0.1) is 11.8 Å². The van der Waals surface area contributed by atoms with E-state index in [2.05, 4.69) is 87.6 Å². The van der Waals surface area contributed by atoms with E-state index in [1.54, 1.807) is 0 Å². The zero-order valence-electron chi connectivity index (χ0n) is 15.9. The second kappa shape index (κ2) is 8.59. The fourth-order valence-electron chi connectivity index (χ4n) is 3.00. The molecule has 0 spiro atoms. The number of rotatable bonds is 7. The third kappa shape index (κ3) is 5.02. The molecule has 0 saturated carbocycles. The third-order valence-electron chi connectivity index (χ3n) is 4.34. The molecule has 0 aliphatic carbocycles. The number of nitrogens with zero attached hydrogens (tertiary/aromatic N) is 2. The van der Waals surface area contributed by atoms with Crippen LogP contribution in [0.25, 0.3) is 0 Å². The van der Waals surface area contributed by atoms with Gasteiger partial charge in [0.1, 0.15) is 0 Å². The summed E-state index contributed by atoms with van der Waals surface area (Å²) in [6, 6.07) is 13.7. The Hall–Kier alpha value is -1.45.